The van der Waals surface area contributed by atoms with Crippen molar-refractivity contribution in [1.29, 1.82) is 5.26 Å². The number of carbonyl (C=O) groups is 3. The Morgan fingerprint density at radius 1 is 1.45 bits per heavy atom. The van der Waals surface area contributed by atoms with E-state index in [4.69, 9.17) is 5.26 Å². The Labute approximate surface area is 207 Å². The van der Waals surface area contributed by atoms with E-state index in [0.29, 0.717) is 10.7 Å². The number of aryl methyl sites for hydroxylation is 1. The molecule has 0 aromatic carbocycles. The van der Waals surface area contributed by atoms with Crippen molar-refractivity contribution in [2.75, 3.05) is 23.0 Å². The molecule has 2 aliphatic heterocycles. The number of tetrazole rings is 1. The molecule has 13 nitrogen and oxygen atoms in total. The quantitative estimate of drug-likeness (QED) is 0.204. The van der Waals surface area contributed by atoms with Gasteiger partial charge in [-0.3, -0.25) is 14.5 Å². The molecule has 0 radical (unpaired) electrons. The van der Waals surface area contributed by atoms with Gasteiger partial charge in [0.1, 0.15) is 22.9 Å². The molecule has 0 aliphatic carbocycles. The molecule has 0 spiro atoms. The number of thioether (sulfide) groups is 2. The molecule has 160 valence electrons. The number of hydrogen-bond donors (Lipinski definition) is 1. The second-order valence-corrected chi connectivity index (χ2v) is 10.4. The van der Waals surface area contributed by atoms with Crippen LogP contribution in [0, 0.1) is 11.3 Å². The fourth-order valence-electron chi connectivity index (χ4n) is 2.84. The van der Waals surface area contributed by atoms with E-state index < -0.39 is 50.5 Å². The van der Waals surface area contributed by atoms with Gasteiger partial charge in [-0.05, 0) is 16.0 Å². The minimum atomic E-state index is -3.91. The van der Waals surface area contributed by atoms with E-state index in [9.17, 15) is 27.9 Å². The molecule has 17 heteroatoms. The number of β-lactam (4-membered cyclic amide) rings is 1. The maximum absolute atomic E-state index is 12.5. The SMILES string of the molecule is Cn1nnnc1SCC1=C(C(=O)[O-])N2C(=O)C(NC(=O)CS(=O)(=O)CC#N)[C@H]2SC1.[Na+]. The van der Waals surface area contributed by atoms with E-state index in [1.54, 1.807) is 7.05 Å². The Balaban J connectivity index is 0.00000341. The normalized spacial score (nSPS) is 20.3. The molecule has 2 aliphatic rings. The van der Waals surface area contributed by atoms with Gasteiger partial charge in [0.15, 0.2) is 9.84 Å². The monoisotopic (exact) mass is 495 g/mol. The maximum Gasteiger partial charge on any atom is 1.00 e. The second-order valence-electron chi connectivity index (χ2n) is 6.26. The number of aliphatic carboxylic acids is 1. The van der Waals surface area contributed by atoms with Crippen LogP contribution in [0.2, 0.25) is 0 Å². The van der Waals surface area contributed by atoms with Crippen molar-refractivity contribution in [3.63, 3.8) is 0 Å². The summed E-state index contributed by atoms with van der Waals surface area (Å²) in [5.41, 5.74) is 0.174. The predicted molar refractivity (Wildman–Crippen MR) is 101 cm³/mol. The van der Waals surface area contributed by atoms with E-state index in [1.165, 1.54) is 34.3 Å². The third kappa shape index (κ3) is 5.59. The van der Waals surface area contributed by atoms with Crippen LogP contribution >= 0.6 is 23.5 Å². The van der Waals surface area contributed by atoms with Gasteiger partial charge in [0.05, 0.1) is 17.7 Å². The predicted octanol–water partition coefficient (Wildman–Crippen LogP) is -6.35. The first-order chi connectivity index (χ1) is 14.1. The number of nitrogens with zero attached hydrogens (tertiary/aromatic N) is 6. The molecule has 0 saturated carbocycles. The van der Waals surface area contributed by atoms with Gasteiger partial charge >= 0.3 is 29.6 Å². The summed E-state index contributed by atoms with van der Waals surface area (Å²) < 4.78 is 24.6. The molecule has 1 saturated heterocycles. The molecular weight excluding hydrogens is 481 g/mol. The standard InChI is InChI=1S/C14H15N7O6S3.Na/c1-20-14(17-18-19-20)29-5-7-4-28-12-9(11(23)21(12)10(7)13(24)25)16-8(22)6-30(26,27)3-2-15;/h9,12H,3-6H2,1H3,(H,16,22)(H,24,25);/q;+1/p-1/t9?,12-;/m1./s1. The molecule has 1 aromatic rings. The van der Waals surface area contributed by atoms with Gasteiger partial charge in [-0.15, -0.1) is 16.9 Å². The summed E-state index contributed by atoms with van der Waals surface area (Å²) in [5, 5.41) is 33.2. The smallest absolute Gasteiger partial charge is 0.543 e. The number of nitrogens with one attached hydrogen (secondary N) is 1. The number of rotatable bonds is 8. The summed E-state index contributed by atoms with van der Waals surface area (Å²) in [5.74, 6) is -4.41. The molecule has 1 unspecified atom stereocenters. The zero-order valence-electron chi connectivity index (χ0n) is 16.3. The minimum absolute atomic E-state index is 0. The molecule has 3 rings (SSSR count). The molecule has 3 heterocycles. The van der Waals surface area contributed by atoms with E-state index >= 15 is 0 Å². The van der Waals surface area contributed by atoms with Crippen LogP contribution in [0.25, 0.3) is 0 Å². The number of nitriles is 1. The van der Waals surface area contributed by atoms with Gasteiger partial charge in [0.2, 0.25) is 11.1 Å². The van der Waals surface area contributed by atoms with Crippen molar-refractivity contribution in [2.45, 2.75) is 16.6 Å². The number of hydrogen-bond acceptors (Lipinski definition) is 12. The number of amides is 2. The number of carboxylic acids is 1. The summed E-state index contributed by atoms with van der Waals surface area (Å²) in [6, 6.07) is 0.392. The first-order valence-corrected chi connectivity index (χ1v) is 12.1. The van der Waals surface area contributed by atoms with Crippen molar-refractivity contribution < 1.29 is 57.5 Å². The fraction of sp³-hybridized carbons (Fsp3) is 0.500. The molecule has 31 heavy (non-hydrogen) atoms. The Bertz CT molecular complexity index is 1080. The van der Waals surface area contributed by atoms with Gasteiger partial charge in [-0.25, -0.2) is 13.1 Å². The number of aromatic nitrogens is 4. The van der Waals surface area contributed by atoms with Gasteiger partial charge < -0.3 is 15.2 Å². The summed E-state index contributed by atoms with van der Waals surface area (Å²) in [6.07, 6.45) is 0. The summed E-state index contributed by atoms with van der Waals surface area (Å²) >= 11 is 2.43. The van der Waals surface area contributed by atoms with Crippen molar-refractivity contribution in [3.05, 3.63) is 11.3 Å². The largest absolute Gasteiger partial charge is 1.00 e. The molecule has 1 N–H and O–H groups in total. The zero-order chi connectivity index (χ0) is 22.1. The van der Waals surface area contributed by atoms with E-state index in [0.717, 1.165) is 4.90 Å². The average Bonchev–Trinajstić information content (AvgIpc) is 3.07. The Hall–Kier alpha value is -1.64. The van der Waals surface area contributed by atoms with Crippen LogP contribution in [0.3, 0.4) is 0 Å². The number of carboxylic acid groups (broad SMARTS) is 1. The Morgan fingerprint density at radius 3 is 2.74 bits per heavy atom. The molecule has 0 bridgehead atoms. The van der Waals surface area contributed by atoms with Crippen LogP contribution in [0.15, 0.2) is 16.4 Å². The van der Waals surface area contributed by atoms with Crippen molar-refractivity contribution in [1.82, 2.24) is 30.4 Å². The zero-order valence-corrected chi connectivity index (χ0v) is 20.8. The summed E-state index contributed by atoms with van der Waals surface area (Å²) in [4.78, 5) is 37.2. The minimum Gasteiger partial charge on any atom is -0.543 e. The fourth-order valence-corrected chi connectivity index (χ4v) is 5.96. The molecule has 1 fully saturated rings. The Morgan fingerprint density at radius 2 is 2.16 bits per heavy atom. The Kier molecular flexibility index (Phi) is 8.53. The van der Waals surface area contributed by atoms with Crippen molar-refractivity contribution >= 4 is 51.1 Å². The van der Waals surface area contributed by atoms with Crippen molar-refractivity contribution in [2.24, 2.45) is 7.05 Å². The van der Waals surface area contributed by atoms with Gasteiger partial charge in [0, 0.05) is 18.6 Å². The second kappa shape index (κ2) is 10.3. The topological polar surface area (TPSA) is 191 Å². The number of sulfone groups is 1. The average molecular weight is 496 g/mol. The molecule has 1 aromatic heterocycles. The third-order valence-electron chi connectivity index (χ3n) is 4.15. The van der Waals surface area contributed by atoms with Crippen molar-refractivity contribution in [3.8, 4) is 6.07 Å². The molecule has 2 amide bonds. The summed E-state index contributed by atoms with van der Waals surface area (Å²) in [6.45, 7) is 0. The number of carbonyl (C=O) groups excluding carboxylic acids is 3. The first-order valence-electron chi connectivity index (χ1n) is 8.24. The van der Waals surface area contributed by atoms with Gasteiger partial charge in [-0.1, -0.05) is 11.8 Å². The van der Waals surface area contributed by atoms with E-state index in [1.807, 2.05) is 0 Å². The van der Waals surface area contributed by atoms with Gasteiger partial charge in [0.25, 0.3) is 5.91 Å². The van der Waals surface area contributed by atoms with Crippen LogP contribution in [0.5, 0.6) is 0 Å². The van der Waals surface area contributed by atoms with E-state index in [2.05, 4.69) is 20.8 Å². The number of fused-ring (bicyclic) bond motifs is 1. The van der Waals surface area contributed by atoms with Crippen LogP contribution in [0.4, 0.5) is 0 Å². The van der Waals surface area contributed by atoms with Gasteiger partial charge in [-0.2, -0.15) is 5.26 Å². The van der Waals surface area contributed by atoms with Crippen LogP contribution in [-0.4, -0.2) is 85.7 Å². The first kappa shape index (κ1) is 25.6. The van der Waals surface area contributed by atoms with E-state index in [-0.39, 0.29) is 46.8 Å². The summed E-state index contributed by atoms with van der Waals surface area (Å²) in [7, 11) is -2.28. The molecular formula is C14H14N7NaO6S3. The van der Waals surface area contributed by atoms with Crippen LogP contribution in [-0.2, 0) is 31.3 Å². The van der Waals surface area contributed by atoms with Crippen LogP contribution in [0.1, 0.15) is 0 Å². The maximum atomic E-state index is 12.5. The van der Waals surface area contributed by atoms with Crippen LogP contribution < -0.4 is 40.0 Å². The molecule has 2 atom stereocenters. The third-order valence-corrected chi connectivity index (χ3v) is 7.86.